The zero-order chi connectivity index (χ0) is 12.0. The van der Waals surface area contributed by atoms with Crippen LogP contribution in [0.2, 0.25) is 0 Å². The van der Waals surface area contributed by atoms with E-state index in [0.29, 0.717) is 12.0 Å². The van der Waals surface area contributed by atoms with Crippen molar-refractivity contribution in [2.45, 2.75) is 25.8 Å². The minimum absolute atomic E-state index is 0.00315. The van der Waals surface area contributed by atoms with Crippen LogP contribution in [0.5, 0.6) is 0 Å². The first-order chi connectivity index (χ1) is 7.67. The molecule has 1 aromatic rings. The molecule has 16 heavy (non-hydrogen) atoms. The normalized spacial score (nSPS) is 12.2. The standard InChI is InChI=1S/C12H16FNO2/c1-2-10(8-15)14-12(16)7-9-5-3-4-6-11(9)13/h3-6,10,15H,2,7-8H2,1H3,(H,14,16)/t10-/m0/s1. The number of aliphatic hydroxyl groups excluding tert-OH is 1. The molecule has 0 radical (unpaired) electrons. The van der Waals surface area contributed by atoms with Gasteiger partial charge in [-0.25, -0.2) is 4.39 Å². The second kappa shape index (κ2) is 6.23. The first-order valence-corrected chi connectivity index (χ1v) is 5.31. The molecule has 0 aliphatic carbocycles. The van der Waals surface area contributed by atoms with E-state index in [2.05, 4.69) is 5.32 Å². The number of hydrogen-bond acceptors (Lipinski definition) is 2. The summed E-state index contributed by atoms with van der Waals surface area (Å²) < 4.78 is 13.2. The number of hydrogen-bond donors (Lipinski definition) is 2. The molecule has 0 unspecified atom stereocenters. The molecule has 0 spiro atoms. The molecule has 1 amide bonds. The summed E-state index contributed by atoms with van der Waals surface area (Å²) in [7, 11) is 0. The van der Waals surface area contributed by atoms with Crippen LogP contribution in [0, 0.1) is 5.82 Å². The van der Waals surface area contributed by atoms with E-state index in [4.69, 9.17) is 5.11 Å². The summed E-state index contributed by atoms with van der Waals surface area (Å²) in [5, 5.41) is 11.5. The van der Waals surface area contributed by atoms with Gasteiger partial charge in [-0.1, -0.05) is 25.1 Å². The van der Waals surface area contributed by atoms with Gasteiger partial charge in [0.1, 0.15) is 5.82 Å². The highest BCUT2D eigenvalue weighted by Crippen LogP contribution is 2.07. The summed E-state index contributed by atoms with van der Waals surface area (Å²) in [5.74, 6) is -0.652. The number of amides is 1. The minimum atomic E-state index is -0.380. The highest BCUT2D eigenvalue weighted by Gasteiger charge is 2.11. The third-order valence-corrected chi connectivity index (χ3v) is 2.39. The smallest absolute Gasteiger partial charge is 0.224 e. The van der Waals surface area contributed by atoms with Crippen LogP contribution in [0.4, 0.5) is 4.39 Å². The van der Waals surface area contributed by atoms with Gasteiger partial charge in [-0.2, -0.15) is 0 Å². The Morgan fingerprint density at radius 2 is 2.19 bits per heavy atom. The second-order valence-corrected chi connectivity index (χ2v) is 3.62. The van der Waals surface area contributed by atoms with Crippen molar-refractivity contribution < 1.29 is 14.3 Å². The SMILES string of the molecule is CC[C@@H](CO)NC(=O)Cc1ccccc1F. The molecule has 1 aromatic carbocycles. The largest absolute Gasteiger partial charge is 0.394 e. The number of carbonyl (C=O) groups excluding carboxylic acids is 1. The van der Waals surface area contributed by atoms with Crippen molar-refractivity contribution in [3.8, 4) is 0 Å². The molecular formula is C12H16FNO2. The van der Waals surface area contributed by atoms with Crippen LogP contribution in [0.1, 0.15) is 18.9 Å². The third kappa shape index (κ3) is 3.62. The average molecular weight is 225 g/mol. The number of nitrogens with one attached hydrogen (secondary N) is 1. The van der Waals surface area contributed by atoms with Crippen LogP contribution in [0.25, 0.3) is 0 Å². The molecular weight excluding hydrogens is 209 g/mol. The van der Waals surface area contributed by atoms with Gasteiger partial charge in [0, 0.05) is 0 Å². The fraction of sp³-hybridized carbons (Fsp3) is 0.417. The van der Waals surface area contributed by atoms with E-state index < -0.39 is 0 Å². The Balaban J connectivity index is 2.55. The number of rotatable bonds is 5. The van der Waals surface area contributed by atoms with Crippen LogP contribution in [0.3, 0.4) is 0 Å². The van der Waals surface area contributed by atoms with Crippen molar-refractivity contribution in [2.24, 2.45) is 0 Å². The van der Waals surface area contributed by atoms with E-state index in [1.54, 1.807) is 18.2 Å². The van der Waals surface area contributed by atoms with Crippen LogP contribution in [0.15, 0.2) is 24.3 Å². The molecule has 2 N–H and O–H groups in total. The average Bonchev–Trinajstić information content (AvgIpc) is 2.29. The number of halogens is 1. The molecule has 0 heterocycles. The van der Waals surface area contributed by atoms with Gasteiger partial charge in [0.15, 0.2) is 0 Å². The summed E-state index contributed by atoms with van der Waals surface area (Å²) in [6.45, 7) is 1.77. The zero-order valence-corrected chi connectivity index (χ0v) is 9.24. The van der Waals surface area contributed by atoms with E-state index in [-0.39, 0.29) is 30.8 Å². The number of benzene rings is 1. The third-order valence-electron chi connectivity index (χ3n) is 2.39. The van der Waals surface area contributed by atoms with Gasteiger partial charge in [0.25, 0.3) is 0 Å². The Bertz CT molecular complexity index is 351. The lowest BCUT2D eigenvalue weighted by atomic mass is 10.1. The first-order valence-electron chi connectivity index (χ1n) is 5.31. The molecule has 0 saturated heterocycles. The summed E-state index contributed by atoms with van der Waals surface area (Å²) in [4.78, 5) is 11.5. The van der Waals surface area contributed by atoms with Gasteiger partial charge >= 0.3 is 0 Å². The highest BCUT2D eigenvalue weighted by molar-refractivity contribution is 5.78. The lowest BCUT2D eigenvalue weighted by molar-refractivity contribution is -0.121. The van der Waals surface area contributed by atoms with Crippen molar-refractivity contribution in [1.29, 1.82) is 0 Å². The van der Waals surface area contributed by atoms with Gasteiger partial charge in [-0.15, -0.1) is 0 Å². The van der Waals surface area contributed by atoms with Crippen LogP contribution < -0.4 is 5.32 Å². The van der Waals surface area contributed by atoms with E-state index in [1.807, 2.05) is 6.92 Å². The van der Waals surface area contributed by atoms with Crippen molar-refractivity contribution in [3.05, 3.63) is 35.6 Å². The Morgan fingerprint density at radius 3 is 2.75 bits per heavy atom. The maximum atomic E-state index is 13.2. The second-order valence-electron chi connectivity index (χ2n) is 3.62. The zero-order valence-electron chi connectivity index (χ0n) is 9.24. The molecule has 3 nitrogen and oxygen atoms in total. The van der Waals surface area contributed by atoms with E-state index >= 15 is 0 Å². The molecule has 0 bridgehead atoms. The van der Waals surface area contributed by atoms with Crippen LogP contribution >= 0.6 is 0 Å². The monoisotopic (exact) mass is 225 g/mol. The molecule has 0 aliphatic rings. The lowest BCUT2D eigenvalue weighted by Gasteiger charge is -2.13. The summed E-state index contributed by atoms with van der Waals surface area (Å²) in [5.41, 5.74) is 0.368. The van der Waals surface area contributed by atoms with Crippen LogP contribution in [-0.2, 0) is 11.2 Å². The molecule has 0 saturated carbocycles. The maximum absolute atomic E-state index is 13.2. The van der Waals surface area contributed by atoms with Crippen molar-refractivity contribution in [2.75, 3.05) is 6.61 Å². The lowest BCUT2D eigenvalue weighted by Crippen LogP contribution is -2.37. The van der Waals surface area contributed by atoms with E-state index in [0.717, 1.165) is 0 Å². The van der Waals surface area contributed by atoms with Crippen molar-refractivity contribution in [3.63, 3.8) is 0 Å². The topological polar surface area (TPSA) is 49.3 Å². The predicted octanol–water partition coefficient (Wildman–Crippen LogP) is 1.26. The fourth-order valence-electron chi connectivity index (χ4n) is 1.37. The number of aliphatic hydroxyl groups is 1. The summed E-state index contributed by atoms with van der Waals surface area (Å²) in [6.07, 6.45) is 0.655. The van der Waals surface area contributed by atoms with Gasteiger partial charge < -0.3 is 10.4 Å². The molecule has 0 aromatic heterocycles. The first kappa shape index (κ1) is 12.6. The fourth-order valence-corrected chi connectivity index (χ4v) is 1.37. The molecule has 1 rings (SSSR count). The van der Waals surface area contributed by atoms with E-state index in [1.165, 1.54) is 6.07 Å². The van der Waals surface area contributed by atoms with E-state index in [9.17, 15) is 9.18 Å². The Labute approximate surface area is 94.3 Å². The highest BCUT2D eigenvalue weighted by atomic mass is 19.1. The van der Waals surface area contributed by atoms with Gasteiger partial charge in [0.2, 0.25) is 5.91 Å². The molecule has 88 valence electrons. The van der Waals surface area contributed by atoms with Gasteiger partial charge in [-0.05, 0) is 18.1 Å². The Hall–Kier alpha value is -1.42. The molecule has 1 atom stereocenters. The van der Waals surface area contributed by atoms with Crippen molar-refractivity contribution in [1.82, 2.24) is 5.32 Å². The quantitative estimate of drug-likeness (QED) is 0.792. The van der Waals surface area contributed by atoms with Crippen molar-refractivity contribution >= 4 is 5.91 Å². The Morgan fingerprint density at radius 1 is 1.50 bits per heavy atom. The predicted molar refractivity (Wildman–Crippen MR) is 59.4 cm³/mol. The number of carbonyl (C=O) groups is 1. The maximum Gasteiger partial charge on any atom is 0.224 e. The minimum Gasteiger partial charge on any atom is -0.394 e. The van der Waals surface area contributed by atoms with Crippen LogP contribution in [-0.4, -0.2) is 23.7 Å². The molecule has 0 aliphatic heterocycles. The summed E-state index contributed by atoms with van der Waals surface area (Å²) in [6, 6.07) is 5.93. The van der Waals surface area contributed by atoms with Gasteiger partial charge in [-0.3, -0.25) is 4.79 Å². The molecule has 4 heteroatoms. The Kier molecular flexibility index (Phi) is 4.92. The summed E-state index contributed by atoms with van der Waals surface area (Å²) >= 11 is 0. The van der Waals surface area contributed by atoms with Gasteiger partial charge in [0.05, 0.1) is 19.1 Å². The molecule has 0 fully saturated rings.